The molecule has 1 aromatic rings. The first-order chi connectivity index (χ1) is 9.74. The van der Waals surface area contributed by atoms with Crippen LogP contribution in [0.5, 0.6) is 0 Å². The molecule has 0 saturated carbocycles. The Bertz CT molecular complexity index is 557. The van der Waals surface area contributed by atoms with Crippen molar-refractivity contribution in [1.29, 1.82) is 0 Å². The lowest BCUT2D eigenvalue weighted by atomic mass is 9.91. The van der Waals surface area contributed by atoms with Crippen LogP contribution >= 0.6 is 35.3 Å². The highest BCUT2D eigenvalue weighted by Gasteiger charge is 2.21. The third kappa shape index (κ3) is 8.30. The summed E-state index contributed by atoms with van der Waals surface area (Å²) in [6.07, 6.45) is 1.14. The van der Waals surface area contributed by atoms with Gasteiger partial charge in [-0.3, -0.25) is 4.99 Å². The summed E-state index contributed by atoms with van der Waals surface area (Å²) in [4.78, 5) is 5.44. The highest BCUT2D eigenvalue weighted by molar-refractivity contribution is 14.0. The molecule has 0 unspecified atom stereocenters. The van der Waals surface area contributed by atoms with Crippen LogP contribution in [0, 0.1) is 0 Å². The number of thiophene rings is 1. The average Bonchev–Trinajstić information content (AvgIpc) is 2.91. The van der Waals surface area contributed by atoms with Gasteiger partial charge in [0.15, 0.2) is 5.96 Å². The number of guanidine groups is 1. The van der Waals surface area contributed by atoms with Gasteiger partial charge in [0.1, 0.15) is 0 Å². The summed E-state index contributed by atoms with van der Waals surface area (Å²) < 4.78 is 24.3. The molecule has 0 aliphatic carbocycles. The van der Waals surface area contributed by atoms with Gasteiger partial charge in [0.2, 0.25) is 10.0 Å². The Morgan fingerprint density at radius 2 is 2.00 bits per heavy atom. The zero-order valence-corrected chi connectivity index (χ0v) is 17.3. The summed E-state index contributed by atoms with van der Waals surface area (Å²) in [5.74, 6) is 0.662. The molecule has 0 atom stereocenters. The van der Waals surface area contributed by atoms with Crippen LogP contribution < -0.4 is 15.4 Å². The van der Waals surface area contributed by atoms with Crippen LogP contribution in [0.1, 0.15) is 18.7 Å². The van der Waals surface area contributed by atoms with Crippen molar-refractivity contribution >= 4 is 51.3 Å². The van der Waals surface area contributed by atoms with E-state index in [0.29, 0.717) is 19.0 Å². The van der Waals surface area contributed by atoms with Gasteiger partial charge in [-0.05, 0) is 11.4 Å². The monoisotopic (exact) mass is 460 g/mol. The summed E-state index contributed by atoms with van der Waals surface area (Å²) in [6, 6.07) is 4.17. The predicted octanol–water partition coefficient (Wildman–Crippen LogP) is 1.36. The smallest absolute Gasteiger partial charge is 0.208 e. The fourth-order valence-electron chi connectivity index (χ4n) is 1.69. The Kier molecular flexibility index (Phi) is 9.51. The lowest BCUT2D eigenvalue weighted by Gasteiger charge is -2.25. The normalized spacial score (nSPS) is 12.6. The Morgan fingerprint density at radius 1 is 1.32 bits per heavy atom. The number of hydrogen-bond donors (Lipinski definition) is 3. The average molecular weight is 460 g/mol. The SMILES string of the molecule is CN=C(NCCNS(C)(=O)=O)NCC(C)(C)c1cccs1.I. The number of rotatable bonds is 7. The van der Waals surface area contributed by atoms with Gasteiger partial charge < -0.3 is 10.6 Å². The van der Waals surface area contributed by atoms with E-state index in [1.165, 1.54) is 4.88 Å². The Morgan fingerprint density at radius 3 is 2.50 bits per heavy atom. The quantitative estimate of drug-likeness (QED) is 0.249. The number of sulfonamides is 1. The van der Waals surface area contributed by atoms with Gasteiger partial charge >= 0.3 is 0 Å². The molecule has 6 nitrogen and oxygen atoms in total. The zero-order chi connectivity index (χ0) is 15.9. The third-order valence-electron chi connectivity index (χ3n) is 2.89. The van der Waals surface area contributed by atoms with E-state index in [4.69, 9.17) is 0 Å². The first-order valence-corrected chi connectivity index (χ1v) is 9.45. The van der Waals surface area contributed by atoms with Gasteiger partial charge in [-0.15, -0.1) is 35.3 Å². The minimum Gasteiger partial charge on any atom is -0.356 e. The molecule has 0 bridgehead atoms. The Labute approximate surface area is 154 Å². The topological polar surface area (TPSA) is 82.6 Å². The number of halogens is 1. The van der Waals surface area contributed by atoms with E-state index < -0.39 is 10.0 Å². The predicted molar refractivity (Wildman–Crippen MR) is 105 cm³/mol. The van der Waals surface area contributed by atoms with Crippen molar-refractivity contribution in [3.05, 3.63) is 22.4 Å². The van der Waals surface area contributed by atoms with Gasteiger partial charge in [0, 0.05) is 37.0 Å². The third-order valence-corrected chi connectivity index (χ3v) is 4.86. The van der Waals surface area contributed by atoms with Crippen molar-refractivity contribution in [2.45, 2.75) is 19.3 Å². The lowest BCUT2D eigenvalue weighted by molar-refractivity contribution is 0.518. The van der Waals surface area contributed by atoms with Gasteiger partial charge in [0.05, 0.1) is 6.26 Å². The molecule has 1 heterocycles. The van der Waals surface area contributed by atoms with Crippen LogP contribution in [-0.2, 0) is 15.4 Å². The van der Waals surface area contributed by atoms with Crippen LogP contribution in [-0.4, -0.2) is 47.3 Å². The summed E-state index contributed by atoms with van der Waals surface area (Å²) in [5.41, 5.74) is 0.0107. The van der Waals surface area contributed by atoms with Crippen LogP contribution in [0.4, 0.5) is 0 Å². The van der Waals surface area contributed by atoms with Crippen molar-refractivity contribution in [3.8, 4) is 0 Å². The standard InChI is InChI=1S/C13H24N4O2S2.HI/c1-13(2,11-6-5-9-20-11)10-16-12(14-3)15-7-8-17-21(4,18)19;/h5-6,9,17H,7-8,10H2,1-4H3,(H2,14,15,16);1H. The molecule has 1 rings (SSSR count). The summed E-state index contributed by atoms with van der Waals surface area (Å²) >= 11 is 1.74. The molecule has 0 amide bonds. The maximum absolute atomic E-state index is 11.0. The summed E-state index contributed by atoms with van der Waals surface area (Å²) in [5, 5.41) is 8.41. The van der Waals surface area contributed by atoms with E-state index >= 15 is 0 Å². The van der Waals surface area contributed by atoms with Crippen molar-refractivity contribution in [2.75, 3.05) is 32.9 Å². The molecule has 0 radical (unpaired) electrons. The fourth-order valence-corrected chi connectivity index (χ4v) is 3.02. The number of nitrogens with zero attached hydrogens (tertiary/aromatic N) is 1. The molecule has 9 heteroatoms. The number of aliphatic imine (C=N–C) groups is 1. The first-order valence-electron chi connectivity index (χ1n) is 6.68. The van der Waals surface area contributed by atoms with E-state index in [9.17, 15) is 8.42 Å². The summed E-state index contributed by atoms with van der Waals surface area (Å²) in [7, 11) is -1.45. The van der Waals surface area contributed by atoms with E-state index in [-0.39, 0.29) is 29.4 Å². The fraction of sp³-hybridized carbons (Fsp3) is 0.615. The van der Waals surface area contributed by atoms with E-state index in [0.717, 1.165) is 12.8 Å². The van der Waals surface area contributed by atoms with E-state index in [2.05, 4.69) is 45.6 Å². The van der Waals surface area contributed by atoms with E-state index in [1.54, 1.807) is 18.4 Å². The molecule has 1 aromatic heterocycles. The van der Waals surface area contributed by atoms with Crippen molar-refractivity contribution in [1.82, 2.24) is 15.4 Å². The molecule has 0 aliphatic rings. The molecule has 0 saturated heterocycles. The van der Waals surface area contributed by atoms with Gasteiger partial charge in [-0.25, -0.2) is 13.1 Å². The maximum atomic E-state index is 11.0. The van der Waals surface area contributed by atoms with Crippen LogP contribution in [0.15, 0.2) is 22.5 Å². The van der Waals surface area contributed by atoms with Gasteiger partial charge in [0.25, 0.3) is 0 Å². The minimum absolute atomic E-state index is 0. The second kappa shape index (κ2) is 9.68. The van der Waals surface area contributed by atoms with Crippen molar-refractivity contribution < 1.29 is 8.42 Å². The second-order valence-electron chi connectivity index (χ2n) is 5.38. The second-order valence-corrected chi connectivity index (χ2v) is 8.16. The highest BCUT2D eigenvalue weighted by Crippen LogP contribution is 2.26. The first kappa shape index (κ1) is 21.6. The molecular formula is C13H25IN4O2S2. The van der Waals surface area contributed by atoms with Gasteiger partial charge in [-0.1, -0.05) is 19.9 Å². The zero-order valence-electron chi connectivity index (χ0n) is 13.3. The molecular weight excluding hydrogens is 435 g/mol. The maximum Gasteiger partial charge on any atom is 0.208 e. The van der Waals surface area contributed by atoms with E-state index in [1.807, 2.05) is 6.07 Å². The summed E-state index contributed by atoms with van der Waals surface area (Å²) in [6.45, 7) is 5.89. The molecule has 22 heavy (non-hydrogen) atoms. The van der Waals surface area contributed by atoms with Gasteiger partial charge in [-0.2, -0.15) is 0 Å². The highest BCUT2D eigenvalue weighted by atomic mass is 127. The molecule has 3 N–H and O–H groups in total. The number of nitrogens with one attached hydrogen (secondary N) is 3. The Hall–Kier alpha value is -0.390. The van der Waals surface area contributed by atoms with Crippen LogP contribution in [0.25, 0.3) is 0 Å². The Balaban J connectivity index is 0.00000441. The van der Waals surface area contributed by atoms with Crippen LogP contribution in [0.3, 0.4) is 0 Å². The molecule has 0 spiro atoms. The molecule has 0 aromatic carbocycles. The van der Waals surface area contributed by atoms with Crippen molar-refractivity contribution in [3.63, 3.8) is 0 Å². The van der Waals surface area contributed by atoms with Crippen LogP contribution in [0.2, 0.25) is 0 Å². The largest absolute Gasteiger partial charge is 0.356 e. The molecule has 128 valence electrons. The lowest BCUT2D eigenvalue weighted by Crippen LogP contribution is -2.45. The molecule has 0 aliphatic heterocycles. The molecule has 0 fully saturated rings. The number of hydrogen-bond acceptors (Lipinski definition) is 4. The van der Waals surface area contributed by atoms with Crippen molar-refractivity contribution in [2.24, 2.45) is 4.99 Å². The minimum atomic E-state index is -3.14.